The lowest BCUT2D eigenvalue weighted by atomic mass is 10.1. The molecule has 0 spiro atoms. The van der Waals surface area contributed by atoms with E-state index in [4.69, 9.17) is 17.0 Å². The van der Waals surface area contributed by atoms with Crippen molar-refractivity contribution in [1.82, 2.24) is 5.32 Å². The van der Waals surface area contributed by atoms with E-state index < -0.39 is 0 Å². The number of benzene rings is 1. The second kappa shape index (κ2) is 7.09. The number of anilines is 1. The second-order valence-electron chi connectivity index (χ2n) is 4.38. The molecule has 4 nitrogen and oxygen atoms in total. The van der Waals surface area contributed by atoms with Crippen molar-refractivity contribution in [2.75, 3.05) is 12.4 Å². The summed E-state index contributed by atoms with van der Waals surface area (Å²) in [5.41, 5.74) is 2.17. The molecule has 0 unspecified atom stereocenters. The maximum Gasteiger partial charge on any atom is 0.338 e. The van der Waals surface area contributed by atoms with Gasteiger partial charge in [0.2, 0.25) is 0 Å². The maximum absolute atomic E-state index is 11.6. The van der Waals surface area contributed by atoms with Gasteiger partial charge < -0.3 is 15.4 Å². The van der Waals surface area contributed by atoms with E-state index in [1.165, 1.54) is 7.11 Å². The summed E-state index contributed by atoms with van der Waals surface area (Å²) in [6.07, 6.45) is 0.989. The molecule has 0 heterocycles. The molecule has 1 aromatic rings. The quantitative estimate of drug-likeness (QED) is 0.656. The van der Waals surface area contributed by atoms with Crippen LogP contribution < -0.4 is 10.6 Å². The standard InChI is InChI=1S/C14H20N2O2S/c1-5-9(2)15-14(19)16-12-8-6-7-11(10(12)3)13(17)18-4/h6-9H,5H2,1-4H3,(H2,15,16,19)/t9-/m1/s1. The van der Waals surface area contributed by atoms with Gasteiger partial charge in [0.15, 0.2) is 5.11 Å². The lowest BCUT2D eigenvalue weighted by molar-refractivity contribution is 0.0600. The summed E-state index contributed by atoms with van der Waals surface area (Å²) in [7, 11) is 1.37. The van der Waals surface area contributed by atoms with Crippen molar-refractivity contribution in [3.05, 3.63) is 29.3 Å². The fraction of sp³-hybridized carbons (Fsp3) is 0.429. The Morgan fingerprint density at radius 1 is 1.47 bits per heavy atom. The molecule has 5 heteroatoms. The SMILES string of the molecule is CC[C@@H](C)NC(=S)Nc1cccc(C(=O)OC)c1C. The maximum atomic E-state index is 11.6. The van der Waals surface area contributed by atoms with Crippen LogP contribution in [0.2, 0.25) is 0 Å². The fourth-order valence-electron chi connectivity index (χ4n) is 1.59. The van der Waals surface area contributed by atoms with Crippen LogP contribution in [0.25, 0.3) is 0 Å². The predicted octanol–water partition coefficient (Wildman–Crippen LogP) is 2.87. The molecule has 2 N–H and O–H groups in total. The molecule has 0 fully saturated rings. The Balaban J connectivity index is 2.85. The lowest BCUT2D eigenvalue weighted by Gasteiger charge is -2.17. The fourth-order valence-corrected chi connectivity index (χ4v) is 1.90. The zero-order valence-electron chi connectivity index (χ0n) is 11.7. The molecule has 0 aliphatic heterocycles. The van der Waals surface area contributed by atoms with Crippen LogP contribution in [-0.2, 0) is 4.74 Å². The summed E-state index contributed by atoms with van der Waals surface area (Å²) < 4.78 is 4.74. The van der Waals surface area contributed by atoms with Crippen LogP contribution in [0.1, 0.15) is 36.2 Å². The van der Waals surface area contributed by atoms with Crippen LogP contribution in [0.3, 0.4) is 0 Å². The van der Waals surface area contributed by atoms with Crippen LogP contribution in [0.15, 0.2) is 18.2 Å². The summed E-state index contributed by atoms with van der Waals surface area (Å²) in [5, 5.41) is 6.83. The number of methoxy groups -OCH3 is 1. The molecule has 0 saturated carbocycles. The van der Waals surface area contributed by atoms with Gasteiger partial charge in [-0.05, 0) is 50.2 Å². The summed E-state index contributed by atoms with van der Waals surface area (Å²) >= 11 is 5.24. The van der Waals surface area contributed by atoms with Crippen LogP contribution in [0.4, 0.5) is 5.69 Å². The zero-order chi connectivity index (χ0) is 14.4. The summed E-state index contributed by atoms with van der Waals surface area (Å²) in [6.45, 7) is 6.01. The number of ether oxygens (including phenoxy) is 1. The molecule has 19 heavy (non-hydrogen) atoms. The minimum absolute atomic E-state index is 0.309. The van der Waals surface area contributed by atoms with Crippen LogP contribution in [0.5, 0.6) is 0 Å². The molecular weight excluding hydrogens is 260 g/mol. The van der Waals surface area contributed by atoms with Crippen LogP contribution in [0, 0.1) is 6.92 Å². The Kier molecular flexibility index (Phi) is 5.76. The third kappa shape index (κ3) is 4.21. The Morgan fingerprint density at radius 2 is 2.16 bits per heavy atom. The Morgan fingerprint density at radius 3 is 2.74 bits per heavy atom. The van der Waals surface area contributed by atoms with Gasteiger partial charge in [-0.25, -0.2) is 4.79 Å². The average Bonchev–Trinajstić information content (AvgIpc) is 2.40. The molecule has 0 aliphatic carbocycles. The number of hydrogen-bond acceptors (Lipinski definition) is 3. The van der Waals surface area contributed by atoms with E-state index in [1.54, 1.807) is 12.1 Å². The summed E-state index contributed by atoms with van der Waals surface area (Å²) in [6, 6.07) is 5.72. The number of rotatable bonds is 4. The van der Waals surface area contributed by atoms with Gasteiger partial charge in [0.05, 0.1) is 12.7 Å². The highest BCUT2D eigenvalue weighted by molar-refractivity contribution is 7.80. The lowest BCUT2D eigenvalue weighted by Crippen LogP contribution is -2.35. The number of nitrogens with one attached hydrogen (secondary N) is 2. The first-order valence-electron chi connectivity index (χ1n) is 6.25. The van der Waals surface area contributed by atoms with E-state index in [0.29, 0.717) is 16.7 Å². The van der Waals surface area contributed by atoms with Crippen molar-refractivity contribution < 1.29 is 9.53 Å². The molecule has 1 aromatic carbocycles. The van der Waals surface area contributed by atoms with E-state index >= 15 is 0 Å². The van der Waals surface area contributed by atoms with Crippen molar-refractivity contribution in [3.8, 4) is 0 Å². The minimum atomic E-state index is -0.345. The number of carbonyl (C=O) groups is 1. The second-order valence-corrected chi connectivity index (χ2v) is 4.79. The van der Waals surface area contributed by atoms with E-state index in [-0.39, 0.29) is 5.97 Å². The number of carbonyl (C=O) groups excluding carboxylic acids is 1. The van der Waals surface area contributed by atoms with Gasteiger partial charge in [-0.1, -0.05) is 13.0 Å². The molecule has 0 bridgehead atoms. The smallest absolute Gasteiger partial charge is 0.338 e. The van der Waals surface area contributed by atoms with Gasteiger partial charge in [-0.3, -0.25) is 0 Å². The van der Waals surface area contributed by atoms with Crippen molar-refractivity contribution >= 4 is 29.0 Å². The number of esters is 1. The molecule has 0 aromatic heterocycles. The van der Waals surface area contributed by atoms with Gasteiger partial charge in [0.25, 0.3) is 0 Å². The third-order valence-electron chi connectivity index (χ3n) is 2.98. The van der Waals surface area contributed by atoms with Crippen LogP contribution in [-0.4, -0.2) is 24.2 Å². The molecule has 1 rings (SSSR count). The van der Waals surface area contributed by atoms with E-state index in [0.717, 1.165) is 17.7 Å². The molecule has 0 radical (unpaired) electrons. The highest BCUT2D eigenvalue weighted by Crippen LogP contribution is 2.19. The van der Waals surface area contributed by atoms with Gasteiger partial charge in [-0.15, -0.1) is 0 Å². The normalized spacial score (nSPS) is 11.6. The Bertz CT molecular complexity index is 475. The third-order valence-corrected chi connectivity index (χ3v) is 3.20. The van der Waals surface area contributed by atoms with Crippen molar-refractivity contribution in [1.29, 1.82) is 0 Å². The van der Waals surface area contributed by atoms with Crippen molar-refractivity contribution in [3.63, 3.8) is 0 Å². The number of hydrogen-bond donors (Lipinski definition) is 2. The summed E-state index contributed by atoms with van der Waals surface area (Å²) in [5.74, 6) is -0.345. The minimum Gasteiger partial charge on any atom is -0.465 e. The van der Waals surface area contributed by atoms with E-state index in [9.17, 15) is 4.79 Å². The largest absolute Gasteiger partial charge is 0.465 e. The first-order chi connectivity index (χ1) is 8.99. The summed E-state index contributed by atoms with van der Waals surface area (Å²) in [4.78, 5) is 11.6. The molecule has 0 aliphatic rings. The molecular formula is C14H20N2O2S. The predicted molar refractivity (Wildman–Crippen MR) is 81.6 cm³/mol. The molecule has 0 amide bonds. The number of thiocarbonyl (C=S) groups is 1. The van der Waals surface area contributed by atoms with E-state index in [2.05, 4.69) is 24.5 Å². The van der Waals surface area contributed by atoms with E-state index in [1.807, 2.05) is 13.0 Å². The first kappa shape index (κ1) is 15.4. The van der Waals surface area contributed by atoms with Crippen LogP contribution >= 0.6 is 12.2 Å². The highest BCUT2D eigenvalue weighted by Gasteiger charge is 2.12. The van der Waals surface area contributed by atoms with Gasteiger partial charge in [0, 0.05) is 11.7 Å². The average molecular weight is 280 g/mol. The van der Waals surface area contributed by atoms with Gasteiger partial charge >= 0.3 is 5.97 Å². The Hall–Kier alpha value is -1.62. The van der Waals surface area contributed by atoms with Crippen molar-refractivity contribution in [2.45, 2.75) is 33.2 Å². The van der Waals surface area contributed by atoms with Gasteiger partial charge in [-0.2, -0.15) is 0 Å². The van der Waals surface area contributed by atoms with Gasteiger partial charge in [0.1, 0.15) is 0 Å². The molecule has 1 atom stereocenters. The zero-order valence-corrected chi connectivity index (χ0v) is 12.6. The first-order valence-corrected chi connectivity index (χ1v) is 6.65. The Labute approximate surface area is 119 Å². The molecule has 0 saturated heterocycles. The van der Waals surface area contributed by atoms with Crippen molar-refractivity contribution in [2.24, 2.45) is 0 Å². The topological polar surface area (TPSA) is 50.4 Å². The monoisotopic (exact) mass is 280 g/mol. The highest BCUT2D eigenvalue weighted by atomic mass is 32.1. The molecule has 104 valence electrons.